The molecule has 21 heavy (non-hydrogen) atoms. The van der Waals surface area contributed by atoms with Crippen molar-refractivity contribution in [2.24, 2.45) is 0 Å². The molecular formula is C15H16N4O2. The number of hydrogen-bond acceptors (Lipinski definition) is 4. The number of carbonyl (C=O) groups is 1. The van der Waals surface area contributed by atoms with Crippen LogP contribution < -0.4 is 5.32 Å². The smallest absolute Gasteiger partial charge is 0.252 e. The van der Waals surface area contributed by atoms with Crippen LogP contribution in [0.2, 0.25) is 0 Å². The SMILES string of the molecule is Cc1ccc(C#CCO)c(C(=O)NCCc2ncn[nH]2)c1. The van der Waals surface area contributed by atoms with E-state index in [0.29, 0.717) is 24.1 Å². The van der Waals surface area contributed by atoms with Crippen LogP contribution in [0.1, 0.15) is 27.3 Å². The lowest BCUT2D eigenvalue weighted by Crippen LogP contribution is -2.26. The van der Waals surface area contributed by atoms with E-state index in [4.69, 9.17) is 5.11 Å². The number of hydrogen-bond donors (Lipinski definition) is 3. The normalized spacial score (nSPS) is 9.81. The number of H-pyrrole nitrogens is 1. The fourth-order valence-electron chi connectivity index (χ4n) is 1.83. The van der Waals surface area contributed by atoms with Crippen LogP contribution in [-0.2, 0) is 6.42 Å². The van der Waals surface area contributed by atoms with Crippen LogP contribution >= 0.6 is 0 Å². The van der Waals surface area contributed by atoms with Gasteiger partial charge in [-0.1, -0.05) is 23.5 Å². The summed E-state index contributed by atoms with van der Waals surface area (Å²) in [6.07, 6.45) is 2.01. The largest absolute Gasteiger partial charge is 0.384 e. The standard InChI is InChI=1S/C15H16N4O2/c1-11-4-5-12(3-2-8-20)13(9-11)15(21)16-7-6-14-17-10-18-19-14/h4-5,9-10,20H,6-8H2,1H3,(H,16,21)(H,17,18,19). The molecule has 0 radical (unpaired) electrons. The summed E-state index contributed by atoms with van der Waals surface area (Å²) in [7, 11) is 0. The topological polar surface area (TPSA) is 90.9 Å². The van der Waals surface area contributed by atoms with Gasteiger partial charge in [-0.15, -0.1) is 0 Å². The van der Waals surface area contributed by atoms with E-state index in [9.17, 15) is 4.79 Å². The van der Waals surface area contributed by atoms with Crippen LogP contribution in [0.3, 0.4) is 0 Å². The molecular weight excluding hydrogens is 268 g/mol. The van der Waals surface area contributed by atoms with Gasteiger partial charge < -0.3 is 10.4 Å². The number of nitrogens with zero attached hydrogens (tertiary/aromatic N) is 2. The van der Waals surface area contributed by atoms with E-state index in [-0.39, 0.29) is 12.5 Å². The van der Waals surface area contributed by atoms with Crippen molar-refractivity contribution in [3.05, 3.63) is 47.0 Å². The van der Waals surface area contributed by atoms with E-state index in [1.807, 2.05) is 13.0 Å². The highest BCUT2D eigenvalue weighted by molar-refractivity contribution is 5.96. The molecule has 0 aliphatic heterocycles. The van der Waals surface area contributed by atoms with Gasteiger partial charge in [-0.05, 0) is 19.1 Å². The molecule has 0 saturated heterocycles. The number of aromatic amines is 1. The first kappa shape index (κ1) is 14.8. The summed E-state index contributed by atoms with van der Waals surface area (Å²) >= 11 is 0. The molecule has 2 aromatic rings. The summed E-state index contributed by atoms with van der Waals surface area (Å²) in [6.45, 7) is 2.13. The molecule has 1 aromatic heterocycles. The minimum atomic E-state index is -0.236. The Kier molecular flexibility index (Phi) is 5.07. The number of carbonyl (C=O) groups excluding carboxylic acids is 1. The molecule has 1 aromatic carbocycles. The van der Waals surface area contributed by atoms with Crippen molar-refractivity contribution in [1.29, 1.82) is 0 Å². The lowest BCUT2D eigenvalue weighted by atomic mass is 10.0. The van der Waals surface area contributed by atoms with Crippen molar-refractivity contribution < 1.29 is 9.90 Å². The Labute approximate surface area is 122 Å². The minimum absolute atomic E-state index is 0.194. The first-order chi connectivity index (χ1) is 10.2. The van der Waals surface area contributed by atoms with Gasteiger partial charge in [0.1, 0.15) is 18.8 Å². The number of aliphatic hydroxyl groups is 1. The predicted molar refractivity (Wildman–Crippen MR) is 77.6 cm³/mol. The van der Waals surface area contributed by atoms with Crippen molar-refractivity contribution in [3.63, 3.8) is 0 Å². The number of benzene rings is 1. The molecule has 6 nitrogen and oxygen atoms in total. The fraction of sp³-hybridized carbons (Fsp3) is 0.267. The van der Waals surface area contributed by atoms with E-state index in [2.05, 4.69) is 32.3 Å². The third-order valence-corrected chi connectivity index (χ3v) is 2.83. The predicted octanol–water partition coefficient (Wildman–Crippen LogP) is 0.429. The summed E-state index contributed by atoms with van der Waals surface area (Å²) in [4.78, 5) is 16.2. The zero-order chi connectivity index (χ0) is 15.1. The van der Waals surface area contributed by atoms with Crippen LogP contribution in [0.15, 0.2) is 24.5 Å². The highest BCUT2D eigenvalue weighted by Crippen LogP contribution is 2.10. The average Bonchev–Trinajstić information content (AvgIpc) is 2.99. The molecule has 108 valence electrons. The Balaban J connectivity index is 2.05. The molecule has 6 heteroatoms. The van der Waals surface area contributed by atoms with Gasteiger partial charge in [0.05, 0.1) is 5.56 Å². The Morgan fingerprint density at radius 3 is 3.05 bits per heavy atom. The number of aryl methyl sites for hydroxylation is 1. The molecule has 1 heterocycles. The lowest BCUT2D eigenvalue weighted by Gasteiger charge is -2.07. The molecule has 1 amide bonds. The zero-order valence-corrected chi connectivity index (χ0v) is 11.7. The molecule has 0 fully saturated rings. The lowest BCUT2D eigenvalue weighted by molar-refractivity contribution is 0.0953. The highest BCUT2D eigenvalue weighted by Gasteiger charge is 2.10. The molecule has 0 bridgehead atoms. The van der Waals surface area contributed by atoms with E-state index in [1.54, 1.807) is 12.1 Å². The summed E-state index contributed by atoms with van der Waals surface area (Å²) in [5.74, 6) is 5.87. The van der Waals surface area contributed by atoms with Crippen molar-refractivity contribution in [1.82, 2.24) is 20.5 Å². The maximum Gasteiger partial charge on any atom is 0.252 e. The van der Waals surface area contributed by atoms with Gasteiger partial charge in [0, 0.05) is 18.5 Å². The molecule has 3 N–H and O–H groups in total. The van der Waals surface area contributed by atoms with Gasteiger partial charge in [0.2, 0.25) is 0 Å². The average molecular weight is 284 g/mol. The molecule has 0 saturated carbocycles. The molecule has 0 aliphatic carbocycles. The summed E-state index contributed by atoms with van der Waals surface area (Å²) in [6, 6.07) is 5.45. The molecule has 2 rings (SSSR count). The number of amides is 1. The maximum atomic E-state index is 12.2. The van der Waals surface area contributed by atoms with Crippen molar-refractivity contribution in [3.8, 4) is 11.8 Å². The summed E-state index contributed by atoms with van der Waals surface area (Å²) in [5.41, 5.74) is 2.09. The van der Waals surface area contributed by atoms with Gasteiger partial charge in [0.15, 0.2) is 0 Å². The van der Waals surface area contributed by atoms with Crippen LogP contribution in [0, 0.1) is 18.8 Å². The quantitative estimate of drug-likeness (QED) is 0.710. The van der Waals surface area contributed by atoms with E-state index >= 15 is 0 Å². The Morgan fingerprint density at radius 1 is 1.48 bits per heavy atom. The third-order valence-electron chi connectivity index (χ3n) is 2.83. The Morgan fingerprint density at radius 2 is 2.33 bits per heavy atom. The second-order valence-corrected chi connectivity index (χ2v) is 4.45. The van der Waals surface area contributed by atoms with Crippen molar-refractivity contribution >= 4 is 5.91 Å². The van der Waals surface area contributed by atoms with E-state index < -0.39 is 0 Å². The Bertz CT molecular complexity index is 669. The first-order valence-corrected chi connectivity index (χ1v) is 6.53. The van der Waals surface area contributed by atoms with Gasteiger partial charge in [0.25, 0.3) is 5.91 Å². The van der Waals surface area contributed by atoms with E-state index in [1.165, 1.54) is 6.33 Å². The van der Waals surface area contributed by atoms with Crippen LogP contribution in [0.4, 0.5) is 0 Å². The molecule has 0 unspecified atom stereocenters. The molecule has 0 aliphatic rings. The monoisotopic (exact) mass is 284 g/mol. The number of rotatable bonds is 4. The molecule has 0 spiro atoms. The highest BCUT2D eigenvalue weighted by atomic mass is 16.2. The number of aromatic nitrogens is 3. The van der Waals surface area contributed by atoms with Gasteiger partial charge in [-0.25, -0.2) is 4.98 Å². The van der Waals surface area contributed by atoms with Crippen LogP contribution in [0.5, 0.6) is 0 Å². The van der Waals surface area contributed by atoms with Gasteiger partial charge >= 0.3 is 0 Å². The first-order valence-electron chi connectivity index (χ1n) is 6.53. The number of aliphatic hydroxyl groups excluding tert-OH is 1. The van der Waals surface area contributed by atoms with Crippen molar-refractivity contribution in [2.75, 3.05) is 13.2 Å². The van der Waals surface area contributed by atoms with Gasteiger partial charge in [-0.2, -0.15) is 5.10 Å². The van der Waals surface area contributed by atoms with Crippen LogP contribution in [-0.4, -0.2) is 39.3 Å². The Hall–Kier alpha value is -2.65. The molecule has 0 atom stereocenters. The maximum absolute atomic E-state index is 12.2. The van der Waals surface area contributed by atoms with Crippen LogP contribution in [0.25, 0.3) is 0 Å². The van der Waals surface area contributed by atoms with Crippen molar-refractivity contribution in [2.45, 2.75) is 13.3 Å². The number of nitrogens with one attached hydrogen (secondary N) is 2. The van der Waals surface area contributed by atoms with E-state index in [0.717, 1.165) is 11.4 Å². The summed E-state index contributed by atoms with van der Waals surface area (Å²) in [5, 5.41) is 18.1. The van der Waals surface area contributed by atoms with Gasteiger partial charge in [-0.3, -0.25) is 9.89 Å². The summed E-state index contributed by atoms with van der Waals surface area (Å²) < 4.78 is 0. The third kappa shape index (κ3) is 4.16. The zero-order valence-electron chi connectivity index (χ0n) is 11.7. The minimum Gasteiger partial charge on any atom is -0.384 e. The fourth-order valence-corrected chi connectivity index (χ4v) is 1.83. The second kappa shape index (κ2) is 7.22. The second-order valence-electron chi connectivity index (χ2n) is 4.45.